The molecule has 1 heterocycles. The van der Waals surface area contributed by atoms with Gasteiger partial charge in [-0.15, -0.1) is 0 Å². The number of piperidine rings is 1. The minimum atomic E-state index is -0.872. The van der Waals surface area contributed by atoms with Crippen LogP contribution >= 0.6 is 0 Å². The zero-order valence-electron chi connectivity index (χ0n) is 16.3. The third-order valence-corrected chi connectivity index (χ3v) is 4.97. The Hall–Kier alpha value is -2.96. The topological polar surface area (TPSA) is 58.6 Å². The van der Waals surface area contributed by atoms with Crippen molar-refractivity contribution in [2.75, 3.05) is 26.2 Å². The van der Waals surface area contributed by atoms with Crippen molar-refractivity contribution in [1.29, 1.82) is 0 Å². The predicted molar refractivity (Wildman–Crippen MR) is 105 cm³/mol. The SMILES string of the molecule is Cc1cccc(OCCNC(=O)C2CCN(C(=O)c3ccc(F)cc3F)CC2)c1. The quantitative estimate of drug-likeness (QED) is 0.754. The molecule has 0 unspecified atom stereocenters. The molecule has 2 aromatic carbocycles. The highest BCUT2D eigenvalue weighted by Crippen LogP contribution is 2.21. The summed E-state index contributed by atoms with van der Waals surface area (Å²) in [5, 5.41) is 2.86. The molecule has 0 aliphatic carbocycles. The van der Waals surface area contributed by atoms with Crippen LogP contribution in [0.3, 0.4) is 0 Å². The highest BCUT2D eigenvalue weighted by molar-refractivity contribution is 5.94. The van der Waals surface area contributed by atoms with Crippen molar-refractivity contribution in [3.05, 3.63) is 65.2 Å². The standard InChI is InChI=1S/C22H24F2N2O3/c1-15-3-2-4-18(13-15)29-12-9-25-21(27)16-7-10-26(11-8-16)22(28)19-6-5-17(23)14-20(19)24/h2-6,13-14,16H,7-12H2,1H3,(H,25,27). The molecule has 0 aromatic heterocycles. The number of carbonyl (C=O) groups excluding carboxylic acids is 2. The van der Waals surface area contributed by atoms with Crippen LogP contribution in [0.15, 0.2) is 42.5 Å². The van der Waals surface area contributed by atoms with Crippen LogP contribution < -0.4 is 10.1 Å². The van der Waals surface area contributed by atoms with E-state index in [1.807, 2.05) is 31.2 Å². The van der Waals surface area contributed by atoms with E-state index in [9.17, 15) is 18.4 Å². The van der Waals surface area contributed by atoms with Crippen LogP contribution in [0.1, 0.15) is 28.8 Å². The molecule has 0 atom stereocenters. The second-order valence-electron chi connectivity index (χ2n) is 7.15. The van der Waals surface area contributed by atoms with E-state index in [0.717, 1.165) is 23.4 Å². The van der Waals surface area contributed by atoms with Crippen molar-refractivity contribution in [2.24, 2.45) is 5.92 Å². The maximum Gasteiger partial charge on any atom is 0.256 e. The van der Waals surface area contributed by atoms with Crippen LogP contribution in [0.5, 0.6) is 5.75 Å². The smallest absolute Gasteiger partial charge is 0.256 e. The van der Waals surface area contributed by atoms with Crippen LogP contribution in [0.25, 0.3) is 0 Å². The largest absolute Gasteiger partial charge is 0.492 e. The number of halogens is 2. The van der Waals surface area contributed by atoms with Crippen LogP contribution in [0, 0.1) is 24.5 Å². The number of likely N-dealkylation sites (tertiary alicyclic amines) is 1. The molecule has 1 saturated heterocycles. The molecular formula is C22H24F2N2O3. The summed E-state index contributed by atoms with van der Waals surface area (Å²) in [6, 6.07) is 10.6. The summed E-state index contributed by atoms with van der Waals surface area (Å²) in [4.78, 5) is 26.3. The molecule has 29 heavy (non-hydrogen) atoms. The average Bonchev–Trinajstić information content (AvgIpc) is 2.71. The van der Waals surface area contributed by atoms with Crippen molar-refractivity contribution >= 4 is 11.8 Å². The third kappa shape index (κ3) is 5.53. The Balaban J connectivity index is 1.41. The van der Waals surface area contributed by atoms with Gasteiger partial charge >= 0.3 is 0 Å². The molecule has 2 aromatic rings. The van der Waals surface area contributed by atoms with Crippen molar-refractivity contribution in [3.63, 3.8) is 0 Å². The summed E-state index contributed by atoms with van der Waals surface area (Å²) in [7, 11) is 0. The van der Waals surface area contributed by atoms with Gasteiger partial charge in [0.2, 0.25) is 5.91 Å². The van der Waals surface area contributed by atoms with Crippen LogP contribution in [-0.4, -0.2) is 43.0 Å². The molecule has 3 rings (SSSR count). The van der Waals surface area contributed by atoms with Crippen molar-refractivity contribution in [1.82, 2.24) is 10.2 Å². The Morgan fingerprint density at radius 3 is 2.59 bits per heavy atom. The van der Waals surface area contributed by atoms with Gasteiger partial charge in [0.15, 0.2) is 0 Å². The van der Waals surface area contributed by atoms with Crippen LogP contribution in [0.4, 0.5) is 8.78 Å². The Morgan fingerprint density at radius 2 is 1.90 bits per heavy atom. The first-order valence-corrected chi connectivity index (χ1v) is 9.65. The maximum atomic E-state index is 13.8. The Kier molecular flexibility index (Phi) is 6.80. The van der Waals surface area contributed by atoms with Crippen LogP contribution in [-0.2, 0) is 4.79 Å². The number of aryl methyl sites for hydroxylation is 1. The number of hydrogen-bond acceptors (Lipinski definition) is 3. The summed E-state index contributed by atoms with van der Waals surface area (Å²) in [5.74, 6) is -1.58. The second kappa shape index (κ2) is 9.49. The molecular weight excluding hydrogens is 378 g/mol. The number of rotatable bonds is 6. The number of carbonyl (C=O) groups is 2. The molecule has 0 saturated carbocycles. The molecule has 0 bridgehead atoms. The van der Waals surface area contributed by atoms with E-state index in [0.29, 0.717) is 45.1 Å². The van der Waals surface area contributed by atoms with Gasteiger partial charge in [0.25, 0.3) is 5.91 Å². The summed E-state index contributed by atoms with van der Waals surface area (Å²) in [5.41, 5.74) is 0.955. The summed E-state index contributed by atoms with van der Waals surface area (Å²) in [6.07, 6.45) is 0.998. The minimum Gasteiger partial charge on any atom is -0.492 e. The van der Waals surface area contributed by atoms with E-state index in [1.165, 1.54) is 4.90 Å². The molecule has 1 fully saturated rings. The number of ether oxygens (including phenoxy) is 1. The molecule has 7 heteroatoms. The Labute approximate surface area is 168 Å². The van der Waals surface area contributed by atoms with Gasteiger partial charge < -0.3 is 15.0 Å². The summed E-state index contributed by atoms with van der Waals surface area (Å²) < 4.78 is 32.4. The van der Waals surface area contributed by atoms with Gasteiger partial charge in [0.05, 0.1) is 12.1 Å². The molecule has 1 aliphatic rings. The highest BCUT2D eigenvalue weighted by atomic mass is 19.1. The fraction of sp³-hybridized carbons (Fsp3) is 0.364. The molecule has 2 amide bonds. The fourth-order valence-electron chi connectivity index (χ4n) is 3.37. The van der Waals surface area contributed by atoms with E-state index < -0.39 is 17.5 Å². The minimum absolute atomic E-state index is 0.0714. The molecule has 0 radical (unpaired) electrons. The number of amides is 2. The number of benzene rings is 2. The molecule has 154 valence electrons. The normalized spacial score (nSPS) is 14.5. The van der Waals surface area contributed by atoms with E-state index in [2.05, 4.69) is 5.32 Å². The van der Waals surface area contributed by atoms with Gasteiger partial charge in [-0.2, -0.15) is 0 Å². The molecule has 1 N–H and O–H groups in total. The van der Waals surface area contributed by atoms with Gasteiger partial charge in [0.1, 0.15) is 24.0 Å². The lowest BCUT2D eigenvalue weighted by atomic mass is 9.95. The first-order chi connectivity index (χ1) is 13.9. The lowest BCUT2D eigenvalue weighted by molar-refractivity contribution is -0.126. The van der Waals surface area contributed by atoms with E-state index in [1.54, 1.807) is 0 Å². The fourth-order valence-corrected chi connectivity index (χ4v) is 3.37. The van der Waals surface area contributed by atoms with Gasteiger partial charge in [-0.1, -0.05) is 12.1 Å². The van der Waals surface area contributed by atoms with Gasteiger partial charge in [-0.05, 0) is 49.6 Å². The number of hydrogen-bond donors (Lipinski definition) is 1. The van der Waals surface area contributed by atoms with E-state index in [4.69, 9.17) is 4.74 Å². The number of nitrogens with zero attached hydrogens (tertiary/aromatic N) is 1. The zero-order chi connectivity index (χ0) is 20.8. The van der Waals surface area contributed by atoms with Crippen molar-refractivity contribution in [3.8, 4) is 5.75 Å². The average molecular weight is 402 g/mol. The third-order valence-electron chi connectivity index (χ3n) is 4.97. The van der Waals surface area contributed by atoms with Gasteiger partial charge in [0, 0.05) is 25.1 Å². The Bertz CT molecular complexity index is 880. The first kappa shape index (κ1) is 20.8. The van der Waals surface area contributed by atoms with Crippen molar-refractivity contribution in [2.45, 2.75) is 19.8 Å². The lowest BCUT2D eigenvalue weighted by Gasteiger charge is -2.31. The monoisotopic (exact) mass is 402 g/mol. The first-order valence-electron chi connectivity index (χ1n) is 9.65. The number of nitrogens with one attached hydrogen (secondary N) is 1. The Morgan fingerprint density at radius 1 is 1.14 bits per heavy atom. The zero-order valence-corrected chi connectivity index (χ0v) is 16.3. The maximum absolute atomic E-state index is 13.8. The van der Waals surface area contributed by atoms with E-state index in [-0.39, 0.29) is 17.4 Å². The predicted octanol–water partition coefficient (Wildman–Crippen LogP) is 3.32. The molecule has 1 aliphatic heterocycles. The lowest BCUT2D eigenvalue weighted by Crippen LogP contribution is -2.43. The molecule has 5 nitrogen and oxygen atoms in total. The van der Waals surface area contributed by atoms with Crippen LogP contribution in [0.2, 0.25) is 0 Å². The highest BCUT2D eigenvalue weighted by Gasteiger charge is 2.28. The molecule has 0 spiro atoms. The van der Waals surface area contributed by atoms with Crippen molar-refractivity contribution < 1.29 is 23.1 Å². The summed E-state index contributed by atoms with van der Waals surface area (Å²) >= 11 is 0. The second-order valence-corrected chi connectivity index (χ2v) is 7.15. The van der Waals surface area contributed by atoms with E-state index >= 15 is 0 Å². The summed E-state index contributed by atoms with van der Waals surface area (Å²) in [6.45, 7) is 3.46. The van der Waals surface area contributed by atoms with Gasteiger partial charge in [-0.3, -0.25) is 9.59 Å². The van der Waals surface area contributed by atoms with Gasteiger partial charge in [-0.25, -0.2) is 8.78 Å².